The van der Waals surface area contributed by atoms with Crippen LogP contribution in [0.1, 0.15) is 51.4 Å². The number of hydrogen-bond acceptors (Lipinski definition) is 3. The molecule has 2 aliphatic rings. The van der Waals surface area contributed by atoms with Crippen molar-refractivity contribution < 1.29 is 9.15 Å². The molecule has 1 saturated heterocycles. The van der Waals surface area contributed by atoms with Gasteiger partial charge in [0.25, 0.3) is 0 Å². The Morgan fingerprint density at radius 3 is 2.67 bits per heavy atom. The second kappa shape index (κ2) is 4.71. The lowest BCUT2D eigenvalue weighted by Crippen LogP contribution is -2.60. The molecule has 1 aromatic heterocycles. The number of morpholine rings is 1. The van der Waals surface area contributed by atoms with Crippen LogP contribution in [0.3, 0.4) is 0 Å². The minimum Gasteiger partial charge on any atom is -0.467 e. The molecule has 3 nitrogen and oxygen atoms in total. The molecule has 0 radical (unpaired) electrons. The predicted molar refractivity (Wildman–Crippen MR) is 70.4 cm³/mol. The Morgan fingerprint density at radius 1 is 1.28 bits per heavy atom. The van der Waals surface area contributed by atoms with Crippen molar-refractivity contribution in [3.8, 4) is 0 Å². The number of hydrogen-bond donors (Lipinski definition) is 1. The first-order valence-electron chi connectivity index (χ1n) is 7.11. The quantitative estimate of drug-likeness (QED) is 0.829. The van der Waals surface area contributed by atoms with Gasteiger partial charge in [-0.25, -0.2) is 0 Å². The zero-order valence-corrected chi connectivity index (χ0v) is 11.3. The lowest BCUT2D eigenvalue weighted by atomic mass is 9.76. The van der Waals surface area contributed by atoms with Crippen LogP contribution in [0.25, 0.3) is 0 Å². The highest BCUT2D eigenvalue weighted by molar-refractivity contribution is 5.09. The van der Waals surface area contributed by atoms with Gasteiger partial charge in [-0.3, -0.25) is 0 Å². The molecule has 3 heteroatoms. The van der Waals surface area contributed by atoms with Crippen molar-refractivity contribution in [2.24, 2.45) is 5.92 Å². The number of furan rings is 1. The second-order valence-electron chi connectivity index (χ2n) is 6.14. The van der Waals surface area contributed by atoms with Crippen molar-refractivity contribution in [2.75, 3.05) is 6.61 Å². The van der Waals surface area contributed by atoms with E-state index >= 15 is 0 Å². The van der Waals surface area contributed by atoms with Crippen molar-refractivity contribution in [2.45, 2.75) is 57.2 Å². The molecule has 1 saturated carbocycles. The van der Waals surface area contributed by atoms with Gasteiger partial charge in [0, 0.05) is 11.6 Å². The lowest BCUT2D eigenvalue weighted by molar-refractivity contribution is -0.0824. The van der Waals surface area contributed by atoms with Gasteiger partial charge < -0.3 is 14.5 Å². The molecule has 2 unspecified atom stereocenters. The van der Waals surface area contributed by atoms with Gasteiger partial charge in [0.2, 0.25) is 0 Å². The van der Waals surface area contributed by atoms with Gasteiger partial charge in [0.15, 0.2) is 0 Å². The summed E-state index contributed by atoms with van der Waals surface area (Å²) < 4.78 is 11.6. The zero-order chi connectivity index (χ0) is 12.6. The molecule has 1 aliphatic carbocycles. The molecule has 0 amide bonds. The van der Waals surface area contributed by atoms with E-state index in [9.17, 15) is 0 Å². The van der Waals surface area contributed by atoms with E-state index < -0.39 is 0 Å². The summed E-state index contributed by atoms with van der Waals surface area (Å²) in [7, 11) is 0. The molecule has 3 rings (SSSR count). The topological polar surface area (TPSA) is 34.4 Å². The monoisotopic (exact) mass is 249 g/mol. The van der Waals surface area contributed by atoms with Gasteiger partial charge in [-0.2, -0.15) is 0 Å². The van der Waals surface area contributed by atoms with Crippen LogP contribution in [0, 0.1) is 5.92 Å². The first-order valence-corrected chi connectivity index (χ1v) is 7.11. The third-order valence-electron chi connectivity index (χ3n) is 4.58. The Hall–Kier alpha value is -0.800. The van der Waals surface area contributed by atoms with Crippen LogP contribution in [0.15, 0.2) is 22.8 Å². The molecular formula is C15H23NO2. The van der Waals surface area contributed by atoms with Gasteiger partial charge in [0.05, 0.1) is 12.9 Å². The van der Waals surface area contributed by atoms with Gasteiger partial charge in [0.1, 0.15) is 11.9 Å². The van der Waals surface area contributed by atoms with Crippen LogP contribution in [-0.2, 0) is 4.74 Å². The summed E-state index contributed by atoms with van der Waals surface area (Å²) >= 11 is 0. The van der Waals surface area contributed by atoms with Crippen molar-refractivity contribution in [1.29, 1.82) is 0 Å². The van der Waals surface area contributed by atoms with Crippen LogP contribution < -0.4 is 5.32 Å². The molecule has 1 aliphatic heterocycles. The molecular weight excluding hydrogens is 226 g/mol. The fourth-order valence-corrected chi connectivity index (χ4v) is 3.38. The maximum Gasteiger partial charge on any atom is 0.134 e. The van der Waals surface area contributed by atoms with Gasteiger partial charge in [-0.05, 0) is 50.7 Å². The summed E-state index contributed by atoms with van der Waals surface area (Å²) in [5.74, 6) is 1.81. The third kappa shape index (κ3) is 2.21. The van der Waals surface area contributed by atoms with Crippen LogP contribution in [0.4, 0.5) is 0 Å². The van der Waals surface area contributed by atoms with E-state index in [-0.39, 0.29) is 11.6 Å². The molecule has 2 heterocycles. The van der Waals surface area contributed by atoms with E-state index in [2.05, 4.69) is 19.2 Å². The molecule has 18 heavy (non-hydrogen) atoms. The van der Waals surface area contributed by atoms with Gasteiger partial charge in [-0.1, -0.05) is 6.92 Å². The van der Waals surface area contributed by atoms with Crippen molar-refractivity contribution in [3.63, 3.8) is 0 Å². The fraction of sp³-hybridized carbons (Fsp3) is 0.733. The third-order valence-corrected chi connectivity index (χ3v) is 4.58. The largest absolute Gasteiger partial charge is 0.467 e. The standard InChI is InChI=1S/C15H23NO2/c1-11-5-7-15(8-6-11)10-18-14(12(2)16-15)13-4-3-9-17-13/h3-4,9,11-12,14,16H,5-8,10H2,1-2H3. The summed E-state index contributed by atoms with van der Waals surface area (Å²) in [6, 6.07) is 4.25. The Kier molecular flexibility index (Phi) is 3.20. The van der Waals surface area contributed by atoms with Gasteiger partial charge in [-0.15, -0.1) is 0 Å². The highest BCUT2D eigenvalue weighted by atomic mass is 16.5. The normalized spacial score (nSPS) is 41.1. The summed E-state index contributed by atoms with van der Waals surface area (Å²) in [5.41, 5.74) is 0.217. The molecule has 2 atom stereocenters. The van der Waals surface area contributed by atoms with Crippen molar-refractivity contribution in [3.05, 3.63) is 24.2 Å². The lowest BCUT2D eigenvalue weighted by Gasteiger charge is -2.47. The Morgan fingerprint density at radius 2 is 2.06 bits per heavy atom. The van der Waals surface area contributed by atoms with E-state index in [1.54, 1.807) is 6.26 Å². The average molecular weight is 249 g/mol. The highest BCUT2D eigenvalue weighted by Gasteiger charge is 2.42. The van der Waals surface area contributed by atoms with Crippen LogP contribution >= 0.6 is 0 Å². The number of ether oxygens (including phenoxy) is 1. The van der Waals surface area contributed by atoms with E-state index in [0.29, 0.717) is 6.04 Å². The summed E-state index contributed by atoms with van der Waals surface area (Å²) in [4.78, 5) is 0. The van der Waals surface area contributed by atoms with Crippen LogP contribution in [-0.4, -0.2) is 18.2 Å². The minimum absolute atomic E-state index is 0.0602. The van der Waals surface area contributed by atoms with E-state index in [1.165, 1.54) is 25.7 Å². The minimum atomic E-state index is 0.0602. The molecule has 0 bridgehead atoms. The Bertz CT molecular complexity index is 379. The summed E-state index contributed by atoms with van der Waals surface area (Å²) in [6.07, 6.45) is 6.89. The molecule has 1 spiro atoms. The number of rotatable bonds is 1. The van der Waals surface area contributed by atoms with E-state index in [4.69, 9.17) is 9.15 Å². The maximum atomic E-state index is 6.11. The molecule has 100 valence electrons. The van der Waals surface area contributed by atoms with Crippen LogP contribution in [0.2, 0.25) is 0 Å². The van der Waals surface area contributed by atoms with Crippen molar-refractivity contribution >= 4 is 0 Å². The smallest absolute Gasteiger partial charge is 0.134 e. The Balaban J connectivity index is 1.68. The molecule has 2 fully saturated rings. The zero-order valence-electron chi connectivity index (χ0n) is 11.3. The average Bonchev–Trinajstić information content (AvgIpc) is 2.87. The first kappa shape index (κ1) is 12.2. The van der Waals surface area contributed by atoms with Crippen LogP contribution in [0.5, 0.6) is 0 Å². The second-order valence-corrected chi connectivity index (χ2v) is 6.14. The first-order chi connectivity index (χ1) is 8.69. The molecule has 1 aromatic rings. The summed E-state index contributed by atoms with van der Waals surface area (Å²) in [6.45, 7) is 5.37. The predicted octanol–water partition coefficient (Wildman–Crippen LogP) is 3.28. The molecule has 0 aromatic carbocycles. The van der Waals surface area contributed by atoms with E-state index in [0.717, 1.165) is 18.3 Å². The summed E-state index contributed by atoms with van der Waals surface area (Å²) in [5, 5.41) is 3.81. The number of nitrogens with one attached hydrogen (secondary N) is 1. The maximum absolute atomic E-state index is 6.11. The van der Waals surface area contributed by atoms with Gasteiger partial charge >= 0.3 is 0 Å². The SMILES string of the molecule is CC1CCC2(CC1)COC(c1ccco1)C(C)N2. The fourth-order valence-electron chi connectivity index (χ4n) is 3.38. The Labute approximate surface area is 109 Å². The molecule has 1 N–H and O–H groups in total. The highest BCUT2D eigenvalue weighted by Crippen LogP contribution is 2.38. The van der Waals surface area contributed by atoms with Crippen molar-refractivity contribution in [1.82, 2.24) is 5.32 Å². The van der Waals surface area contributed by atoms with E-state index in [1.807, 2.05) is 12.1 Å².